The molecular weight excluding hydrogens is 462 g/mol. The standard InChI is InChI=1S/C29H27N7O/c1-18-4-5-22(20-8-11-37-17-20)26-25(12-18)32-29(33-26)28-27-24(34-35-28)7-6-23(31-27)21-13-19(14-30-15-21)16-36-9-2-3-10-36/h4-8,11,13-15,17H,2-3,9-10,12,16H2,1H3,(H,32,33)(H,34,35). The Morgan fingerprint density at radius 3 is 2.78 bits per heavy atom. The fraction of sp³-hybridized carbons (Fsp3) is 0.241. The van der Waals surface area contributed by atoms with E-state index in [4.69, 9.17) is 14.4 Å². The van der Waals surface area contributed by atoms with E-state index in [-0.39, 0.29) is 0 Å². The van der Waals surface area contributed by atoms with Gasteiger partial charge in [0.25, 0.3) is 0 Å². The summed E-state index contributed by atoms with van der Waals surface area (Å²) < 4.78 is 5.35. The summed E-state index contributed by atoms with van der Waals surface area (Å²) in [5, 5.41) is 7.73. The lowest BCUT2D eigenvalue weighted by molar-refractivity contribution is 0.331. The number of allylic oxidation sites excluding steroid dienone is 3. The largest absolute Gasteiger partial charge is 0.472 e. The maximum absolute atomic E-state index is 5.35. The highest BCUT2D eigenvalue weighted by Gasteiger charge is 2.22. The van der Waals surface area contributed by atoms with Crippen molar-refractivity contribution in [2.75, 3.05) is 13.1 Å². The molecule has 0 aromatic carbocycles. The van der Waals surface area contributed by atoms with Gasteiger partial charge in [0.2, 0.25) is 0 Å². The molecule has 0 amide bonds. The van der Waals surface area contributed by atoms with Crippen LogP contribution in [0.2, 0.25) is 0 Å². The van der Waals surface area contributed by atoms with Crippen LogP contribution in [-0.4, -0.2) is 48.1 Å². The van der Waals surface area contributed by atoms with Crippen LogP contribution < -0.4 is 0 Å². The zero-order valence-electron chi connectivity index (χ0n) is 20.7. The second kappa shape index (κ2) is 8.97. The molecule has 2 N–H and O–H groups in total. The maximum Gasteiger partial charge on any atom is 0.161 e. The van der Waals surface area contributed by atoms with Crippen molar-refractivity contribution in [3.63, 3.8) is 0 Å². The van der Waals surface area contributed by atoms with Crippen LogP contribution in [0, 0.1) is 0 Å². The van der Waals surface area contributed by atoms with Gasteiger partial charge in [0.15, 0.2) is 11.5 Å². The summed E-state index contributed by atoms with van der Waals surface area (Å²) in [6, 6.07) is 8.21. The quantitative estimate of drug-likeness (QED) is 0.337. The SMILES string of the molecule is CC1=CC=C(c2ccoc2)c2nc(-c3n[nH]c4ccc(-c5cncc(CN6CCCC6)c5)nc34)[nH]c2C1. The minimum atomic E-state index is 0.700. The minimum Gasteiger partial charge on any atom is -0.472 e. The molecule has 1 aliphatic carbocycles. The molecule has 2 aliphatic rings. The first-order chi connectivity index (χ1) is 18.2. The number of rotatable bonds is 5. The molecule has 1 saturated heterocycles. The van der Waals surface area contributed by atoms with Crippen LogP contribution in [0.5, 0.6) is 0 Å². The van der Waals surface area contributed by atoms with Crippen molar-refractivity contribution in [1.29, 1.82) is 0 Å². The van der Waals surface area contributed by atoms with Crippen molar-refractivity contribution < 1.29 is 4.42 Å². The van der Waals surface area contributed by atoms with E-state index in [1.165, 1.54) is 24.0 Å². The number of aromatic nitrogens is 6. The van der Waals surface area contributed by atoms with Gasteiger partial charge in [0.1, 0.15) is 5.52 Å². The molecule has 0 bridgehead atoms. The Kier molecular flexibility index (Phi) is 5.32. The van der Waals surface area contributed by atoms with E-state index >= 15 is 0 Å². The Hall–Kier alpha value is -4.30. The van der Waals surface area contributed by atoms with Crippen molar-refractivity contribution in [3.8, 4) is 22.8 Å². The summed E-state index contributed by atoms with van der Waals surface area (Å²) >= 11 is 0. The predicted octanol–water partition coefficient (Wildman–Crippen LogP) is 5.53. The first kappa shape index (κ1) is 21.9. The summed E-state index contributed by atoms with van der Waals surface area (Å²) in [7, 11) is 0. The molecule has 0 saturated carbocycles. The lowest BCUT2D eigenvalue weighted by Gasteiger charge is -2.14. The number of pyridine rings is 2. The summed E-state index contributed by atoms with van der Waals surface area (Å²) in [5.41, 5.74) is 10.7. The van der Waals surface area contributed by atoms with Crippen LogP contribution in [0.4, 0.5) is 0 Å². The number of hydrogen-bond donors (Lipinski definition) is 2. The lowest BCUT2D eigenvalue weighted by Crippen LogP contribution is -2.18. The van der Waals surface area contributed by atoms with E-state index in [0.29, 0.717) is 11.5 Å². The lowest BCUT2D eigenvalue weighted by atomic mass is 10.0. The van der Waals surface area contributed by atoms with Gasteiger partial charge < -0.3 is 9.40 Å². The Morgan fingerprint density at radius 2 is 1.92 bits per heavy atom. The first-order valence-corrected chi connectivity index (χ1v) is 12.7. The van der Waals surface area contributed by atoms with Crippen molar-refractivity contribution >= 4 is 16.6 Å². The Balaban J connectivity index is 1.27. The van der Waals surface area contributed by atoms with Crippen LogP contribution in [0.3, 0.4) is 0 Å². The third-order valence-corrected chi connectivity index (χ3v) is 7.18. The monoisotopic (exact) mass is 489 g/mol. The molecule has 0 atom stereocenters. The predicted molar refractivity (Wildman–Crippen MR) is 142 cm³/mol. The second-order valence-corrected chi connectivity index (χ2v) is 9.92. The van der Waals surface area contributed by atoms with Crippen LogP contribution >= 0.6 is 0 Å². The highest BCUT2D eigenvalue weighted by molar-refractivity contribution is 5.90. The van der Waals surface area contributed by atoms with Crippen molar-refractivity contribution in [3.05, 3.63) is 89.4 Å². The van der Waals surface area contributed by atoms with E-state index in [1.807, 2.05) is 30.6 Å². The van der Waals surface area contributed by atoms with E-state index in [1.54, 1.807) is 12.5 Å². The molecule has 0 radical (unpaired) electrons. The third-order valence-electron chi connectivity index (χ3n) is 7.18. The Bertz CT molecular complexity index is 1650. The minimum absolute atomic E-state index is 0.700. The third kappa shape index (κ3) is 4.09. The molecule has 6 heterocycles. The van der Waals surface area contributed by atoms with Gasteiger partial charge in [-0.15, -0.1) is 0 Å². The van der Waals surface area contributed by atoms with Gasteiger partial charge in [-0.3, -0.25) is 15.0 Å². The molecule has 8 nitrogen and oxygen atoms in total. The number of H-pyrrole nitrogens is 2. The van der Waals surface area contributed by atoms with Gasteiger partial charge in [-0.25, -0.2) is 9.97 Å². The number of aromatic amines is 2. The number of hydrogen-bond acceptors (Lipinski definition) is 6. The summed E-state index contributed by atoms with van der Waals surface area (Å²) in [6.07, 6.45) is 14.9. The van der Waals surface area contributed by atoms with Crippen molar-refractivity contribution in [2.24, 2.45) is 0 Å². The number of nitrogens with zero attached hydrogens (tertiary/aromatic N) is 5. The average Bonchev–Trinajstić information content (AvgIpc) is 3.72. The number of likely N-dealkylation sites (tertiary alicyclic amines) is 1. The average molecular weight is 490 g/mol. The highest BCUT2D eigenvalue weighted by atomic mass is 16.3. The van der Waals surface area contributed by atoms with Crippen LogP contribution in [0.1, 0.15) is 42.3 Å². The van der Waals surface area contributed by atoms with Gasteiger partial charge in [-0.05, 0) is 62.7 Å². The molecule has 8 heteroatoms. The topological polar surface area (TPSA) is 99.5 Å². The summed E-state index contributed by atoms with van der Waals surface area (Å²) in [4.78, 5) is 20.6. The van der Waals surface area contributed by atoms with Crippen LogP contribution in [0.25, 0.3) is 39.4 Å². The molecule has 184 valence electrons. The van der Waals surface area contributed by atoms with E-state index in [9.17, 15) is 0 Å². The molecule has 7 rings (SSSR count). The van der Waals surface area contributed by atoms with Gasteiger partial charge >= 0.3 is 0 Å². The van der Waals surface area contributed by atoms with Gasteiger partial charge in [0, 0.05) is 47.8 Å². The Morgan fingerprint density at radius 1 is 1.00 bits per heavy atom. The zero-order valence-corrected chi connectivity index (χ0v) is 20.7. The molecule has 5 aromatic rings. The number of nitrogens with one attached hydrogen (secondary N) is 2. The smallest absolute Gasteiger partial charge is 0.161 e. The van der Waals surface area contributed by atoms with E-state index < -0.39 is 0 Å². The van der Waals surface area contributed by atoms with E-state index in [2.05, 4.69) is 50.2 Å². The molecular formula is C29H27N7O. The molecule has 37 heavy (non-hydrogen) atoms. The van der Waals surface area contributed by atoms with Crippen molar-refractivity contribution in [2.45, 2.75) is 32.7 Å². The van der Waals surface area contributed by atoms with Crippen molar-refractivity contribution in [1.82, 2.24) is 35.0 Å². The first-order valence-electron chi connectivity index (χ1n) is 12.7. The molecule has 0 unspecified atom stereocenters. The fourth-order valence-electron chi connectivity index (χ4n) is 5.30. The van der Waals surface area contributed by atoms with E-state index in [0.717, 1.165) is 70.9 Å². The number of imidazole rings is 1. The highest BCUT2D eigenvalue weighted by Crippen LogP contribution is 2.33. The number of fused-ring (bicyclic) bond motifs is 2. The number of furan rings is 1. The van der Waals surface area contributed by atoms with Crippen LogP contribution in [0.15, 0.2) is 71.3 Å². The molecule has 1 fully saturated rings. The normalized spacial score (nSPS) is 16.0. The van der Waals surface area contributed by atoms with Gasteiger partial charge in [0.05, 0.1) is 29.4 Å². The second-order valence-electron chi connectivity index (χ2n) is 9.92. The zero-order chi connectivity index (χ0) is 24.8. The molecule has 5 aromatic heterocycles. The Labute approximate surface area is 214 Å². The van der Waals surface area contributed by atoms with Gasteiger partial charge in [-0.2, -0.15) is 5.10 Å². The molecule has 0 spiro atoms. The van der Waals surface area contributed by atoms with Crippen LogP contribution in [-0.2, 0) is 13.0 Å². The summed E-state index contributed by atoms with van der Waals surface area (Å²) in [6.45, 7) is 5.38. The van der Waals surface area contributed by atoms with Gasteiger partial charge in [-0.1, -0.05) is 17.7 Å². The maximum atomic E-state index is 5.35. The fourth-order valence-corrected chi connectivity index (χ4v) is 5.30. The molecule has 1 aliphatic heterocycles. The summed E-state index contributed by atoms with van der Waals surface area (Å²) in [5.74, 6) is 0.700.